The van der Waals surface area contributed by atoms with Gasteiger partial charge in [-0.1, -0.05) is 42.5 Å². The maximum absolute atomic E-state index is 13.0. The monoisotopic (exact) mass is 528 g/mol. The second-order valence-electron chi connectivity index (χ2n) is 8.79. The third-order valence-electron chi connectivity index (χ3n) is 5.66. The van der Waals surface area contributed by atoms with Crippen LogP contribution in [0.4, 0.5) is 0 Å². The van der Waals surface area contributed by atoms with E-state index in [1.807, 2.05) is 0 Å². The Hall–Kier alpha value is -4.45. The van der Waals surface area contributed by atoms with Gasteiger partial charge in [0, 0.05) is 19.3 Å². The van der Waals surface area contributed by atoms with Gasteiger partial charge in [-0.25, -0.2) is 4.79 Å². The van der Waals surface area contributed by atoms with Gasteiger partial charge in [0.2, 0.25) is 17.7 Å². The van der Waals surface area contributed by atoms with Crippen LogP contribution in [0.5, 0.6) is 5.75 Å². The Morgan fingerprint density at radius 3 is 1.89 bits per heavy atom. The first kappa shape index (κ1) is 29.8. The van der Waals surface area contributed by atoms with Crippen molar-refractivity contribution in [3.8, 4) is 5.75 Å². The molecule has 0 spiro atoms. The average molecular weight is 529 g/mol. The van der Waals surface area contributed by atoms with Crippen molar-refractivity contribution in [1.29, 1.82) is 0 Å². The molecule has 0 bridgehead atoms. The SMILES string of the molecule is CC(NC(=O)C(Cc1ccccc1)NC(=O)C(N)CCC(=O)O)C(=O)NC(Cc1ccc(O)cc1)C(=O)O. The van der Waals surface area contributed by atoms with E-state index in [9.17, 15) is 34.2 Å². The Morgan fingerprint density at radius 2 is 1.32 bits per heavy atom. The van der Waals surface area contributed by atoms with Gasteiger partial charge < -0.3 is 37.0 Å². The zero-order chi connectivity index (χ0) is 28.2. The third kappa shape index (κ3) is 9.90. The van der Waals surface area contributed by atoms with Crippen LogP contribution < -0.4 is 21.7 Å². The molecule has 0 saturated carbocycles. The highest BCUT2D eigenvalue weighted by atomic mass is 16.4. The summed E-state index contributed by atoms with van der Waals surface area (Å²) in [5, 5.41) is 35.1. The van der Waals surface area contributed by atoms with Crippen LogP contribution in [0.1, 0.15) is 30.9 Å². The van der Waals surface area contributed by atoms with Crippen LogP contribution in [0, 0.1) is 0 Å². The van der Waals surface area contributed by atoms with Crippen LogP contribution >= 0.6 is 0 Å². The number of phenols is 1. The number of phenolic OH excluding ortho intramolecular Hbond substituents is 1. The first-order chi connectivity index (χ1) is 18.0. The van der Waals surface area contributed by atoms with Gasteiger partial charge in [0.25, 0.3) is 0 Å². The second-order valence-corrected chi connectivity index (χ2v) is 8.79. The number of carboxylic acid groups (broad SMARTS) is 2. The fourth-order valence-electron chi connectivity index (χ4n) is 3.49. The van der Waals surface area contributed by atoms with E-state index in [0.717, 1.165) is 0 Å². The van der Waals surface area contributed by atoms with Crippen molar-refractivity contribution >= 4 is 29.7 Å². The molecule has 0 fully saturated rings. The average Bonchev–Trinajstić information content (AvgIpc) is 2.87. The molecule has 38 heavy (non-hydrogen) atoms. The van der Waals surface area contributed by atoms with Gasteiger partial charge in [-0.05, 0) is 36.6 Å². The molecule has 2 aromatic carbocycles. The van der Waals surface area contributed by atoms with E-state index < -0.39 is 53.8 Å². The lowest BCUT2D eigenvalue weighted by atomic mass is 10.0. The molecule has 204 valence electrons. The lowest BCUT2D eigenvalue weighted by Crippen LogP contribution is -2.57. The molecule has 4 atom stereocenters. The summed E-state index contributed by atoms with van der Waals surface area (Å²) < 4.78 is 0. The summed E-state index contributed by atoms with van der Waals surface area (Å²) in [5.74, 6) is -4.57. The highest BCUT2D eigenvalue weighted by Crippen LogP contribution is 2.12. The van der Waals surface area contributed by atoms with Crippen LogP contribution in [0.25, 0.3) is 0 Å². The molecule has 3 amide bonds. The molecular formula is C26H32N4O8. The summed E-state index contributed by atoms with van der Waals surface area (Å²) >= 11 is 0. The molecule has 8 N–H and O–H groups in total. The van der Waals surface area contributed by atoms with Crippen molar-refractivity contribution in [3.63, 3.8) is 0 Å². The summed E-state index contributed by atoms with van der Waals surface area (Å²) in [7, 11) is 0. The Bertz CT molecular complexity index is 1120. The molecule has 0 aliphatic heterocycles. The predicted molar refractivity (Wildman–Crippen MR) is 136 cm³/mol. The van der Waals surface area contributed by atoms with E-state index in [1.165, 1.54) is 31.2 Å². The quantitative estimate of drug-likeness (QED) is 0.175. The van der Waals surface area contributed by atoms with Gasteiger partial charge in [0.05, 0.1) is 6.04 Å². The Labute approximate surface area is 219 Å². The molecule has 0 aliphatic carbocycles. The normalized spacial score (nSPS) is 13.8. The first-order valence-electron chi connectivity index (χ1n) is 11.9. The van der Waals surface area contributed by atoms with E-state index in [-0.39, 0.29) is 31.4 Å². The number of aliphatic carboxylic acids is 2. The van der Waals surface area contributed by atoms with Crippen molar-refractivity contribution in [2.45, 2.75) is 56.8 Å². The van der Waals surface area contributed by atoms with Crippen LogP contribution in [0.3, 0.4) is 0 Å². The largest absolute Gasteiger partial charge is 0.508 e. The minimum absolute atomic E-state index is 0.0148. The number of hydrogen-bond donors (Lipinski definition) is 7. The van der Waals surface area contributed by atoms with Gasteiger partial charge in [-0.2, -0.15) is 0 Å². The number of rotatable bonds is 14. The Balaban J connectivity index is 2.07. The molecule has 0 aromatic heterocycles. The van der Waals surface area contributed by atoms with Crippen molar-refractivity contribution in [1.82, 2.24) is 16.0 Å². The molecule has 12 heteroatoms. The predicted octanol–water partition coefficient (Wildman–Crippen LogP) is -0.0716. The fraction of sp³-hybridized carbons (Fsp3) is 0.346. The fourth-order valence-corrected chi connectivity index (χ4v) is 3.49. The minimum Gasteiger partial charge on any atom is -0.508 e. The highest BCUT2D eigenvalue weighted by Gasteiger charge is 2.29. The van der Waals surface area contributed by atoms with Gasteiger partial charge in [0.1, 0.15) is 23.9 Å². The van der Waals surface area contributed by atoms with Crippen molar-refractivity contribution in [2.75, 3.05) is 0 Å². The third-order valence-corrected chi connectivity index (χ3v) is 5.66. The summed E-state index contributed by atoms with van der Waals surface area (Å²) in [6, 6.07) is 9.88. The van der Waals surface area contributed by atoms with E-state index in [1.54, 1.807) is 30.3 Å². The smallest absolute Gasteiger partial charge is 0.326 e. The number of hydrogen-bond acceptors (Lipinski definition) is 7. The van der Waals surface area contributed by atoms with Gasteiger partial charge in [0.15, 0.2) is 0 Å². The number of carbonyl (C=O) groups is 5. The topological polar surface area (TPSA) is 208 Å². The zero-order valence-corrected chi connectivity index (χ0v) is 20.8. The number of benzene rings is 2. The number of carboxylic acids is 2. The van der Waals surface area contributed by atoms with Crippen molar-refractivity contribution in [2.24, 2.45) is 5.73 Å². The van der Waals surface area contributed by atoms with E-state index in [2.05, 4.69) is 16.0 Å². The summed E-state index contributed by atoms with van der Waals surface area (Å²) in [6.45, 7) is 1.37. The first-order valence-corrected chi connectivity index (χ1v) is 11.9. The lowest BCUT2D eigenvalue weighted by Gasteiger charge is -2.23. The maximum atomic E-state index is 13.0. The summed E-state index contributed by atoms with van der Waals surface area (Å²) in [5.41, 5.74) is 7.05. The lowest BCUT2D eigenvalue weighted by molar-refractivity contribution is -0.142. The number of nitrogens with one attached hydrogen (secondary N) is 3. The standard InChI is InChI=1S/C26H32N4O8/c1-15(23(34)30-21(26(37)38)14-17-7-9-18(31)10-8-17)28-25(36)20(13-16-5-3-2-4-6-16)29-24(35)19(27)11-12-22(32)33/h2-10,15,19-21,31H,11-14,27H2,1H3,(H,28,36)(H,29,35)(H,30,34)(H,32,33)(H,37,38). The van der Waals surface area contributed by atoms with E-state index >= 15 is 0 Å². The Morgan fingerprint density at radius 1 is 0.763 bits per heavy atom. The van der Waals surface area contributed by atoms with Crippen molar-refractivity contribution in [3.05, 3.63) is 65.7 Å². The van der Waals surface area contributed by atoms with E-state index in [0.29, 0.717) is 11.1 Å². The summed E-state index contributed by atoms with van der Waals surface area (Å²) in [4.78, 5) is 60.8. The molecule has 2 aromatic rings. The molecule has 0 radical (unpaired) electrons. The molecule has 0 heterocycles. The molecule has 0 aliphatic rings. The molecular weight excluding hydrogens is 496 g/mol. The Kier molecular flexibility index (Phi) is 11.2. The highest BCUT2D eigenvalue weighted by molar-refractivity contribution is 5.94. The van der Waals surface area contributed by atoms with Gasteiger partial charge in [-0.3, -0.25) is 19.2 Å². The van der Waals surface area contributed by atoms with Crippen LogP contribution in [0.2, 0.25) is 0 Å². The zero-order valence-electron chi connectivity index (χ0n) is 20.8. The number of amides is 3. The van der Waals surface area contributed by atoms with E-state index in [4.69, 9.17) is 10.8 Å². The van der Waals surface area contributed by atoms with Crippen LogP contribution in [0.15, 0.2) is 54.6 Å². The number of nitrogens with two attached hydrogens (primary N) is 1. The molecule has 4 unspecified atom stereocenters. The minimum atomic E-state index is -1.29. The number of carbonyl (C=O) groups excluding carboxylic acids is 3. The van der Waals surface area contributed by atoms with Gasteiger partial charge in [-0.15, -0.1) is 0 Å². The van der Waals surface area contributed by atoms with Gasteiger partial charge >= 0.3 is 11.9 Å². The molecule has 0 saturated heterocycles. The van der Waals surface area contributed by atoms with Crippen LogP contribution in [-0.4, -0.2) is 69.1 Å². The molecule has 12 nitrogen and oxygen atoms in total. The maximum Gasteiger partial charge on any atom is 0.326 e. The van der Waals surface area contributed by atoms with Crippen molar-refractivity contribution < 1.29 is 39.3 Å². The van der Waals surface area contributed by atoms with Crippen LogP contribution in [-0.2, 0) is 36.8 Å². The number of aromatic hydroxyl groups is 1. The molecule has 2 rings (SSSR count). The second kappa shape index (κ2) is 14.3. The summed E-state index contributed by atoms with van der Waals surface area (Å²) in [6.07, 6.45) is -0.437.